The Balaban J connectivity index is 2.31. The van der Waals surface area contributed by atoms with Crippen LogP contribution in [-0.4, -0.2) is 35.6 Å². The molecule has 0 aliphatic heterocycles. The van der Waals surface area contributed by atoms with E-state index in [0.29, 0.717) is 29.8 Å². The van der Waals surface area contributed by atoms with Crippen molar-refractivity contribution in [2.75, 3.05) is 30.9 Å². The first kappa shape index (κ1) is 14.5. The maximum atomic E-state index is 8.90. The number of aromatic nitrogens is 3. The summed E-state index contributed by atoms with van der Waals surface area (Å²) in [6, 6.07) is 9.06. The second-order valence-corrected chi connectivity index (χ2v) is 4.41. The van der Waals surface area contributed by atoms with Crippen molar-refractivity contribution in [1.29, 1.82) is 5.26 Å². The van der Waals surface area contributed by atoms with E-state index in [1.54, 1.807) is 29.2 Å². The molecule has 0 saturated heterocycles. The van der Waals surface area contributed by atoms with Crippen molar-refractivity contribution in [3.8, 4) is 17.8 Å². The number of nitriles is 1. The first-order valence-electron chi connectivity index (χ1n) is 6.47. The molecule has 0 aliphatic rings. The quantitative estimate of drug-likeness (QED) is 0.898. The van der Waals surface area contributed by atoms with E-state index in [9.17, 15) is 0 Å². The number of nitrogens with one attached hydrogen (secondary N) is 1. The monoisotopic (exact) mass is 284 g/mol. The fraction of sp³-hybridized carbons (Fsp3) is 0.286. The van der Waals surface area contributed by atoms with Gasteiger partial charge in [-0.15, -0.1) is 0 Å². The van der Waals surface area contributed by atoms with Crippen LogP contribution < -0.4 is 15.0 Å². The van der Waals surface area contributed by atoms with E-state index >= 15 is 0 Å². The van der Waals surface area contributed by atoms with Gasteiger partial charge in [-0.25, -0.2) is 0 Å². The van der Waals surface area contributed by atoms with Gasteiger partial charge >= 0.3 is 6.01 Å². The first-order valence-corrected chi connectivity index (χ1v) is 6.47. The molecule has 0 amide bonds. The van der Waals surface area contributed by atoms with Crippen LogP contribution in [0.2, 0.25) is 0 Å². The highest BCUT2D eigenvalue weighted by Crippen LogP contribution is 2.21. The number of hydrogen-bond acceptors (Lipinski definition) is 7. The zero-order chi connectivity index (χ0) is 15.2. The van der Waals surface area contributed by atoms with E-state index in [1.807, 2.05) is 21.0 Å². The molecule has 1 aromatic carbocycles. The van der Waals surface area contributed by atoms with Crippen LogP contribution in [0.25, 0.3) is 0 Å². The summed E-state index contributed by atoms with van der Waals surface area (Å²) in [5.41, 5.74) is 0.515. The second kappa shape index (κ2) is 6.52. The van der Waals surface area contributed by atoms with Gasteiger partial charge in [-0.3, -0.25) is 0 Å². The topological polar surface area (TPSA) is 87.0 Å². The van der Waals surface area contributed by atoms with Gasteiger partial charge < -0.3 is 15.0 Å². The van der Waals surface area contributed by atoms with Crippen LogP contribution >= 0.6 is 0 Å². The fourth-order valence-electron chi connectivity index (χ4n) is 1.56. The molecular weight excluding hydrogens is 268 g/mol. The van der Waals surface area contributed by atoms with Crippen molar-refractivity contribution in [1.82, 2.24) is 15.0 Å². The van der Waals surface area contributed by atoms with Crippen LogP contribution in [0.5, 0.6) is 11.8 Å². The van der Waals surface area contributed by atoms with Crippen LogP contribution in [-0.2, 0) is 0 Å². The number of hydrogen-bond donors (Lipinski definition) is 1. The van der Waals surface area contributed by atoms with Crippen LogP contribution in [0.4, 0.5) is 11.9 Å². The predicted molar refractivity (Wildman–Crippen MR) is 79.5 cm³/mol. The van der Waals surface area contributed by atoms with Crippen molar-refractivity contribution in [2.45, 2.75) is 6.92 Å². The lowest BCUT2D eigenvalue weighted by Crippen LogP contribution is -2.15. The van der Waals surface area contributed by atoms with Gasteiger partial charge in [-0.2, -0.15) is 20.2 Å². The minimum Gasteiger partial charge on any atom is -0.424 e. The predicted octanol–water partition coefficient (Wildman–Crippen LogP) is 2.03. The molecule has 108 valence electrons. The summed E-state index contributed by atoms with van der Waals surface area (Å²) < 4.78 is 5.62. The molecule has 0 atom stereocenters. The molecule has 1 heterocycles. The summed E-state index contributed by atoms with van der Waals surface area (Å²) in [6.45, 7) is 2.65. The van der Waals surface area contributed by atoms with Crippen molar-refractivity contribution in [3.63, 3.8) is 0 Å². The fourth-order valence-corrected chi connectivity index (χ4v) is 1.56. The second-order valence-electron chi connectivity index (χ2n) is 4.41. The summed E-state index contributed by atoms with van der Waals surface area (Å²) in [4.78, 5) is 14.4. The molecule has 0 spiro atoms. The Hall–Kier alpha value is -2.88. The molecule has 7 heteroatoms. The van der Waals surface area contributed by atoms with Gasteiger partial charge in [0.25, 0.3) is 0 Å². The molecule has 0 saturated carbocycles. The first-order chi connectivity index (χ1) is 10.1. The average molecular weight is 284 g/mol. The molecule has 1 N–H and O–H groups in total. The smallest absolute Gasteiger partial charge is 0.328 e. The lowest BCUT2D eigenvalue weighted by Gasteiger charge is -2.13. The maximum absolute atomic E-state index is 8.90. The normalized spacial score (nSPS) is 9.81. The van der Waals surface area contributed by atoms with Crippen LogP contribution in [0.15, 0.2) is 24.3 Å². The van der Waals surface area contributed by atoms with Gasteiger partial charge in [-0.1, -0.05) is 6.07 Å². The van der Waals surface area contributed by atoms with E-state index in [2.05, 4.69) is 26.3 Å². The lowest BCUT2D eigenvalue weighted by atomic mass is 10.2. The summed E-state index contributed by atoms with van der Waals surface area (Å²) in [7, 11) is 3.68. The number of anilines is 2. The Morgan fingerprint density at radius 1 is 1.29 bits per heavy atom. The van der Waals surface area contributed by atoms with E-state index < -0.39 is 0 Å². The Morgan fingerprint density at radius 2 is 2.10 bits per heavy atom. The molecule has 2 rings (SSSR count). The van der Waals surface area contributed by atoms with Gasteiger partial charge in [0.05, 0.1) is 11.6 Å². The summed E-state index contributed by atoms with van der Waals surface area (Å²) in [5.74, 6) is 1.45. The van der Waals surface area contributed by atoms with Gasteiger partial charge in [-0.05, 0) is 25.1 Å². The third-order valence-corrected chi connectivity index (χ3v) is 2.51. The number of nitrogens with zero attached hydrogens (tertiary/aromatic N) is 5. The molecule has 1 aromatic heterocycles. The van der Waals surface area contributed by atoms with Gasteiger partial charge in [0.2, 0.25) is 11.9 Å². The minimum atomic E-state index is 0.180. The van der Waals surface area contributed by atoms with E-state index in [-0.39, 0.29) is 6.01 Å². The number of ether oxygens (including phenoxy) is 1. The summed E-state index contributed by atoms with van der Waals surface area (Å²) in [5, 5.41) is 11.9. The van der Waals surface area contributed by atoms with E-state index in [4.69, 9.17) is 10.00 Å². The van der Waals surface area contributed by atoms with Crippen molar-refractivity contribution in [2.24, 2.45) is 0 Å². The standard InChI is InChI=1S/C14H16N6O/c1-4-16-12-17-13(20(2)3)19-14(18-12)21-11-7-5-6-10(8-11)9-15/h5-8H,4H2,1-3H3,(H,16,17,18,19). The van der Waals surface area contributed by atoms with Crippen molar-refractivity contribution in [3.05, 3.63) is 29.8 Å². The zero-order valence-corrected chi connectivity index (χ0v) is 12.2. The highest BCUT2D eigenvalue weighted by atomic mass is 16.5. The molecule has 0 unspecified atom stereocenters. The maximum Gasteiger partial charge on any atom is 0.328 e. The lowest BCUT2D eigenvalue weighted by molar-refractivity contribution is 0.440. The molecule has 0 aliphatic carbocycles. The largest absolute Gasteiger partial charge is 0.424 e. The van der Waals surface area contributed by atoms with Gasteiger partial charge in [0.1, 0.15) is 5.75 Å². The highest BCUT2D eigenvalue weighted by molar-refractivity contribution is 5.40. The van der Waals surface area contributed by atoms with Crippen LogP contribution in [0, 0.1) is 11.3 Å². The van der Waals surface area contributed by atoms with Crippen molar-refractivity contribution < 1.29 is 4.74 Å². The molecule has 0 fully saturated rings. The number of benzene rings is 1. The van der Waals surface area contributed by atoms with Gasteiger partial charge in [0, 0.05) is 20.6 Å². The molecule has 21 heavy (non-hydrogen) atoms. The Morgan fingerprint density at radius 3 is 2.76 bits per heavy atom. The number of rotatable bonds is 5. The average Bonchev–Trinajstić information content (AvgIpc) is 2.47. The summed E-state index contributed by atoms with van der Waals surface area (Å²) in [6.07, 6.45) is 0. The molecule has 2 aromatic rings. The minimum absolute atomic E-state index is 0.180. The van der Waals surface area contributed by atoms with Crippen LogP contribution in [0.3, 0.4) is 0 Å². The third-order valence-electron chi connectivity index (χ3n) is 2.51. The highest BCUT2D eigenvalue weighted by Gasteiger charge is 2.10. The summed E-state index contributed by atoms with van der Waals surface area (Å²) >= 11 is 0. The Kier molecular flexibility index (Phi) is 4.51. The molecular formula is C14H16N6O. The Labute approximate surface area is 123 Å². The van der Waals surface area contributed by atoms with E-state index in [1.165, 1.54) is 0 Å². The van der Waals surface area contributed by atoms with E-state index in [0.717, 1.165) is 0 Å². The molecule has 0 bridgehead atoms. The molecule has 0 radical (unpaired) electrons. The molecule has 7 nitrogen and oxygen atoms in total. The SMILES string of the molecule is CCNc1nc(Oc2cccc(C#N)c2)nc(N(C)C)n1. The third kappa shape index (κ3) is 3.79. The van der Waals surface area contributed by atoms with Crippen LogP contribution in [0.1, 0.15) is 12.5 Å². The van der Waals surface area contributed by atoms with Gasteiger partial charge in [0.15, 0.2) is 0 Å². The van der Waals surface area contributed by atoms with Crippen molar-refractivity contribution >= 4 is 11.9 Å². The Bertz CT molecular complexity index is 665. The zero-order valence-electron chi connectivity index (χ0n) is 12.2.